The van der Waals surface area contributed by atoms with Crippen molar-refractivity contribution in [2.24, 2.45) is 5.92 Å². The molecule has 0 fully saturated rings. The van der Waals surface area contributed by atoms with Crippen LogP contribution in [0.5, 0.6) is 5.88 Å². The molecular formula is C13H18N2O4. The Morgan fingerprint density at radius 1 is 1.42 bits per heavy atom. The largest absolute Gasteiger partial charge is 0.481 e. The highest BCUT2D eigenvalue weighted by Gasteiger charge is 2.12. The predicted octanol–water partition coefficient (Wildman–Crippen LogP) is 1.21. The lowest BCUT2D eigenvalue weighted by Crippen LogP contribution is -2.25. The molecule has 0 saturated carbocycles. The maximum Gasteiger partial charge on any atom is 0.303 e. The van der Waals surface area contributed by atoms with Gasteiger partial charge in [-0.15, -0.1) is 0 Å². The molecule has 1 amide bonds. The molecule has 0 aliphatic heterocycles. The zero-order valence-electron chi connectivity index (χ0n) is 11.0. The fourth-order valence-electron chi connectivity index (χ4n) is 1.60. The molecule has 19 heavy (non-hydrogen) atoms. The number of carbonyl (C=O) groups excluding carboxylic acids is 1. The molecule has 0 aromatic carbocycles. The number of amides is 1. The van der Waals surface area contributed by atoms with E-state index in [1.165, 1.54) is 7.11 Å². The number of carboxylic acids is 1. The SMILES string of the molecule is COc1ccc(CNC(=O)CC(C)CC(=O)O)cn1. The molecule has 1 atom stereocenters. The van der Waals surface area contributed by atoms with Crippen LogP contribution in [-0.2, 0) is 16.1 Å². The van der Waals surface area contributed by atoms with E-state index < -0.39 is 5.97 Å². The molecule has 0 aliphatic carbocycles. The zero-order chi connectivity index (χ0) is 14.3. The third-order valence-electron chi connectivity index (χ3n) is 2.55. The van der Waals surface area contributed by atoms with E-state index >= 15 is 0 Å². The van der Waals surface area contributed by atoms with Crippen molar-refractivity contribution in [3.05, 3.63) is 23.9 Å². The summed E-state index contributed by atoms with van der Waals surface area (Å²) in [7, 11) is 1.54. The number of hydrogen-bond acceptors (Lipinski definition) is 4. The van der Waals surface area contributed by atoms with Crippen molar-refractivity contribution in [3.63, 3.8) is 0 Å². The van der Waals surface area contributed by atoms with E-state index in [1.54, 1.807) is 19.2 Å². The average Bonchev–Trinajstić information content (AvgIpc) is 2.36. The number of ether oxygens (including phenoxy) is 1. The van der Waals surface area contributed by atoms with E-state index in [-0.39, 0.29) is 24.7 Å². The summed E-state index contributed by atoms with van der Waals surface area (Å²) in [5.41, 5.74) is 0.861. The fraction of sp³-hybridized carbons (Fsp3) is 0.462. The van der Waals surface area contributed by atoms with Gasteiger partial charge in [-0.25, -0.2) is 4.98 Å². The van der Waals surface area contributed by atoms with Gasteiger partial charge in [-0.3, -0.25) is 9.59 Å². The van der Waals surface area contributed by atoms with Crippen molar-refractivity contribution < 1.29 is 19.4 Å². The van der Waals surface area contributed by atoms with E-state index in [2.05, 4.69) is 10.3 Å². The Kier molecular flexibility index (Phi) is 5.78. The number of hydrogen-bond donors (Lipinski definition) is 2. The molecule has 6 heteroatoms. The minimum atomic E-state index is -0.889. The number of aromatic nitrogens is 1. The molecule has 1 aromatic heterocycles. The van der Waals surface area contributed by atoms with Crippen molar-refractivity contribution in [1.29, 1.82) is 0 Å². The molecule has 104 valence electrons. The average molecular weight is 266 g/mol. The van der Waals surface area contributed by atoms with Gasteiger partial charge in [0.1, 0.15) is 0 Å². The predicted molar refractivity (Wildman–Crippen MR) is 68.7 cm³/mol. The highest BCUT2D eigenvalue weighted by Crippen LogP contribution is 2.08. The second-order valence-electron chi connectivity index (χ2n) is 4.39. The summed E-state index contributed by atoms with van der Waals surface area (Å²) in [5.74, 6) is -0.708. The van der Waals surface area contributed by atoms with Crippen LogP contribution in [0.4, 0.5) is 0 Å². The molecule has 0 bridgehead atoms. The minimum absolute atomic E-state index is 0.00247. The second kappa shape index (κ2) is 7.35. The number of aliphatic carboxylic acids is 1. The smallest absolute Gasteiger partial charge is 0.303 e. The number of nitrogens with one attached hydrogen (secondary N) is 1. The van der Waals surface area contributed by atoms with Crippen molar-refractivity contribution in [3.8, 4) is 5.88 Å². The summed E-state index contributed by atoms with van der Waals surface area (Å²) in [6.07, 6.45) is 1.83. The quantitative estimate of drug-likeness (QED) is 0.774. The summed E-state index contributed by atoms with van der Waals surface area (Å²) >= 11 is 0. The Labute approximate surface area is 111 Å². The topological polar surface area (TPSA) is 88.5 Å². The van der Waals surface area contributed by atoms with Crippen LogP contribution in [0.25, 0.3) is 0 Å². The molecule has 2 N–H and O–H groups in total. The van der Waals surface area contributed by atoms with Crippen LogP contribution < -0.4 is 10.1 Å². The number of rotatable bonds is 7. The van der Waals surface area contributed by atoms with Crippen molar-refractivity contribution in [2.75, 3.05) is 7.11 Å². The Bertz CT molecular complexity index is 431. The van der Waals surface area contributed by atoms with E-state index in [4.69, 9.17) is 9.84 Å². The maximum absolute atomic E-state index is 11.6. The number of pyridine rings is 1. The highest BCUT2D eigenvalue weighted by molar-refractivity contribution is 5.77. The van der Waals surface area contributed by atoms with Gasteiger partial charge in [0.15, 0.2) is 0 Å². The summed E-state index contributed by atoms with van der Waals surface area (Å²) < 4.78 is 4.93. The molecule has 1 rings (SSSR count). The fourth-order valence-corrected chi connectivity index (χ4v) is 1.60. The lowest BCUT2D eigenvalue weighted by molar-refractivity contribution is -0.138. The third kappa shape index (κ3) is 5.85. The number of carboxylic acid groups (broad SMARTS) is 1. The van der Waals surface area contributed by atoms with E-state index in [9.17, 15) is 9.59 Å². The normalized spacial score (nSPS) is 11.7. The first-order chi connectivity index (χ1) is 9.01. The Morgan fingerprint density at radius 2 is 2.16 bits per heavy atom. The molecule has 1 heterocycles. The van der Waals surface area contributed by atoms with Gasteiger partial charge in [0.2, 0.25) is 11.8 Å². The van der Waals surface area contributed by atoms with Crippen LogP contribution in [0.1, 0.15) is 25.3 Å². The van der Waals surface area contributed by atoms with Gasteiger partial charge in [0.25, 0.3) is 0 Å². The van der Waals surface area contributed by atoms with Gasteiger partial charge in [-0.05, 0) is 11.5 Å². The van der Waals surface area contributed by atoms with Crippen LogP contribution in [-0.4, -0.2) is 29.1 Å². The van der Waals surface area contributed by atoms with E-state index in [0.29, 0.717) is 12.4 Å². The molecular weight excluding hydrogens is 248 g/mol. The van der Waals surface area contributed by atoms with Crippen LogP contribution in [0.2, 0.25) is 0 Å². The van der Waals surface area contributed by atoms with Crippen molar-refractivity contribution in [2.45, 2.75) is 26.3 Å². The Morgan fingerprint density at radius 3 is 2.68 bits per heavy atom. The molecule has 0 radical (unpaired) electrons. The first-order valence-electron chi connectivity index (χ1n) is 5.98. The first-order valence-corrected chi connectivity index (χ1v) is 5.98. The summed E-state index contributed by atoms with van der Waals surface area (Å²) in [6, 6.07) is 3.53. The van der Waals surface area contributed by atoms with Gasteiger partial charge in [-0.2, -0.15) is 0 Å². The standard InChI is InChI=1S/C13H18N2O4/c1-9(6-13(17)18)5-11(16)14-7-10-3-4-12(19-2)15-8-10/h3-4,8-9H,5-7H2,1-2H3,(H,14,16)(H,17,18). The van der Waals surface area contributed by atoms with Crippen LogP contribution in [0.15, 0.2) is 18.3 Å². The lowest BCUT2D eigenvalue weighted by Gasteiger charge is -2.09. The summed E-state index contributed by atoms with van der Waals surface area (Å²) in [6.45, 7) is 2.11. The van der Waals surface area contributed by atoms with Crippen molar-refractivity contribution in [1.82, 2.24) is 10.3 Å². The summed E-state index contributed by atoms with van der Waals surface area (Å²) in [4.78, 5) is 26.1. The lowest BCUT2D eigenvalue weighted by atomic mass is 10.0. The van der Waals surface area contributed by atoms with Crippen LogP contribution >= 0.6 is 0 Å². The molecule has 0 spiro atoms. The molecule has 1 aromatic rings. The van der Waals surface area contributed by atoms with Gasteiger partial charge >= 0.3 is 5.97 Å². The van der Waals surface area contributed by atoms with Gasteiger partial charge in [-0.1, -0.05) is 13.0 Å². The van der Waals surface area contributed by atoms with Crippen LogP contribution in [0, 0.1) is 5.92 Å². The maximum atomic E-state index is 11.6. The minimum Gasteiger partial charge on any atom is -0.481 e. The molecule has 1 unspecified atom stereocenters. The second-order valence-corrected chi connectivity index (χ2v) is 4.39. The van der Waals surface area contributed by atoms with Crippen molar-refractivity contribution >= 4 is 11.9 Å². The highest BCUT2D eigenvalue weighted by atomic mass is 16.5. The summed E-state index contributed by atoms with van der Waals surface area (Å²) in [5, 5.41) is 11.3. The van der Waals surface area contributed by atoms with Crippen LogP contribution in [0.3, 0.4) is 0 Å². The van der Waals surface area contributed by atoms with Gasteiger partial charge in [0.05, 0.1) is 7.11 Å². The molecule has 0 aliphatic rings. The van der Waals surface area contributed by atoms with E-state index in [1.807, 2.05) is 6.07 Å². The van der Waals surface area contributed by atoms with Gasteiger partial charge < -0.3 is 15.2 Å². The monoisotopic (exact) mass is 266 g/mol. The number of nitrogens with zero attached hydrogens (tertiary/aromatic N) is 1. The number of methoxy groups -OCH3 is 1. The molecule has 0 saturated heterocycles. The third-order valence-corrected chi connectivity index (χ3v) is 2.55. The first kappa shape index (κ1) is 14.9. The Balaban J connectivity index is 2.34. The van der Waals surface area contributed by atoms with Gasteiger partial charge in [0, 0.05) is 31.6 Å². The van der Waals surface area contributed by atoms with E-state index in [0.717, 1.165) is 5.56 Å². The molecule has 6 nitrogen and oxygen atoms in total. The number of carbonyl (C=O) groups is 2. The Hall–Kier alpha value is -2.11. The zero-order valence-corrected chi connectivity index (χ0v) is 11.0.